The SMILES string of the molecule is C=CCSc1nc2c(sc3nc(SC)ncc32)c(=O)n1CC=C. The Morgan fingerprint density at radius 1 is 1.35 bits per heavy atom. The molecule has 0 aliphatic carbocycles. The van der Waals surface area contributed by atoms with Crippen LogP contribution >= 0.6 is 34.9 Å². The van der Waals surface area contributed by atoms with Crippen LogP contribution < -0.4 is 5.56 Å². The second-order valence-electron chi connectivity index (χ2n) is 4.55. The highest BCUT2D eigenvalue weighted by Crippen LogP contribution is 2.31. The lowest BCUT2D eigenvalue weighted by Gasteiger charge is -2.08. The first kappa shape index (κ1) is 16.2. The van der Waals surface area contributed by atoms with Gasteiger partial charge in [0.2, 0.25) is 0 Å². The molecule has 0 aliphatic rings. The van der Waals surface area contributed by atoms with Crippen molar-refractivity contribution in [2.75, 3.05) is 12.0 Å². The smallest absolute Gasteiger partial charge is 0.272 e. The van der Waals surface area contributed by atoms with Crippen LogP contribution in [0.4, 0.5) is 0 Å². The quantitative estimate of drug-likeness (QED) is 0.379. The Morgan fingerprint density at radius 2 is 2.17 bits per heavy atom. The number of allylic oxidation sites excluding steroid dienone is 1. The van der Waals surface area contributed by atoms with E-state index in [1.807, 2.05) is 6.26 Å². The summed E-state index contributed by atoms with van der Waals surface area (Å²) in [5.74, 6) is 0.685. The molecule has 3 heterocycles. The number of nitrogens with zero attached hydrogens (tertiary/aromatic N) is 4. The average molecular weight is 363 g/mol. The molecule has 0 unspecified atom stereocenters. The Hall–Kier alpha value is -1.64. The molecule has 0 radical (unpaired) electrons. The summed E-state index contributed by atoms with van der Waals surface area (Å²) in [6.45, 7) is 7.87. The van der Waals surface area contributed by atoms with Crippen LogP contribution in [0.1, 0.15) is 0 Å². The largest absolute Gasteiger partial charge is 0.282 e. The molecule has 0 amide bonds. The molecule has 5 nitrogen and oxygen atoms in total. The Bertz CT molecular complexity index is 961. The molecule has 8 heteroatoms. The molecule has 0 aromatic carbocycles. The Balaban J connectivity index is 2.32. The number of hydrogen-bond acceptors (Lipinski definition) is 7. The number of thiophene rings is 1. The third-order valence-corrected chi connectivity index (χ3v) is 5.71. The molecule has 3 aromatic rings. The summed E-state index contributed by atoms with van der Waals surface area (Å²) in [6.07, 6.45) is 7.16. The van der Waals surface area contributed by atoms with Crippen molar-refractivity contribution in [3.05, 3.63) is 41.9 Å². The summed E-state index contributed by atoms with van der Waals surface area (Å²) >= 11 is 4.32. The van der Waals surface area contributed by atoms with E-state index in [9.17, 15) is 4.79 Å². The summed E-state index contributed by atoms with van der Waals surface area (Å²) in [6, 6.07) is 0. The van der Waals surface area contributed by atoms with Gasteiger partial charge < -0.3 is 0 Å². The lowest BCUT2D eigenvalue weighted by atomic mass is 10.3. The molecular weight excluding hydrogens is 348 g/mol. The predicted octanol–water partition coefficient (Wildman–Crippen LogP) is 3.59. The summed E-state index contributed by atoms with van der Waals surface area (Å²) < 4.78 is 2.25. The Kier molecular flexibility index (Phi) is 4.84. The summed E-state index contributed by atoms with van der Waals surface area (Å²) in [4.78, 5) is 27.1. The van der Waals surface area contributed by atoms with E-state index in [0.29, 0.717) is 32.8 Å². The van der Waals surface area contributed by atoms with Gasteiger partial charge in [0.05, 0.1) is 5.39 Å². The lowest BCUT2D eigenvalue weighted by molar-refractivity contribution is 0.674. The molecule has 0 saturated carbocycles. The highest BCUT2D eigenvalue weighted by molar-refractivity contribution is 7.99. The molecule has 118 valence electrons. The van der Waals surface area contributed by atoms with Crippen molar-refractivity contribution in [2.45, 2.75) is 16.9 Å². The summed E-state index contributed by atoms with van der Waals surface area (Å²) in [5.41, 5.74) is 0.615. The van der Waals surface area contributed by atoms with Crippen LogP contribution in [0.25, 0.3) is 20.4 Å². The Labute approximate surface area is 145 Å². The van der Waals surface area contributed by atoms with Crippen molar-refractivity contribution in [2.24, 2.45) is 0 Å². The van der Waals surface area contributed by atoms with E-state index in [1.54, 1.807) is 22.9 Å². The normalized spacial score (nSPS) is 11.2. The molecule has 0 saturated heterocycles. The number of thioether (sulfide) groups is 2. The monoisotopic (exact) mass is 362 g/mol. The zero-order chi connectivity index (χ0) is 16.4. The van der Waals surface area contributed by atoms with E-state index in [-0.39, 0.29) is 5.56 Å². The van der Waals surface area contributed by atoms with Crippen LogP contribution in [-0.2, 0) is 6.54 Å². The molecule has 0 N–H and O–H groups in total. The fourth-order valence-corrected chi connectivity index (χ4v) is 4.28. The van der Waals surface area contributed by atoms with Crippen LogP contribution in [0.3, 0.4) is 0 Å². The maximum Gasteiger partial charge on any atom is 0.272 e. The molecule has 0 aliphatic heterocycles. The molecule has 23 heavy (non-hydrogen) atoms. The highest BCUT2D eigenvalue weighted by atomic mass is 32.2. The van der Waals surface area contributed by atoms with Crippen molar-refractivity contribution in [1.29, 1.82) is 0 Å². The van der Waals surface area contributed by atoms with Crippen LogP contribution in [0.15, 0.2) is 46.6 Å². The molecule has 0 fully saturated rings. The minimum atomic E-state index is -0.0600. The standard InChI is InChI=1S/C15H14N4OS3/c1-4-6-19-13(20)11-10(17-15(19)22-7-5-2)9-8-16-14(21-3)18-12(9)23-11/h4-5,8H,1-2,6-7H2,3H3. The third kappa shape index (κ3) is 2.93. The van der Waals surface area contributed by atoms with Crippen molar-refractivity contribution in [3.8, 4) is 0 Å². The van der Waals surface area contributed by atoms with Crippen LogP contribution in [0.2, 0.25) is 0 Å². The van der Waals surface area contributed by atoms with E-state index in [2.05, 4.69) is 28.1 Å². The molecule has 0 bridgehead atoms. The van der Waals surface area contributed by atoms with Crippen molar-refractivity contribution in [3.63, 3.8) is 0 Å². The van der Waals surface area contributed by atoms with Crippen LogP contribution in [0.5, 0.6) is 0 Å². The van der Waals surface area contributed by atoms with Gasteiger partial charge in [-0.15, -0.1) is 24.5 Å². The maximum absolute atomic E-state index is 12.8. The van der Waals surface area contributed by atoms with Gasteiger partial charge in [0.1, 0.15) is 15.0 Å². The van der Waals surface area contributed by atoms with Crippen LogP contribution in [-0.4, -0.2) is 31.5 Å². The van der Waals surface area contributed by atoms with Gasteiger partial charge in [-0.05, 0) is 6.26 Å². The summed E-state index contributed by atoms with van der Waals surface area (Å²) in [7, 11) is 0. The van der Waals surface area contributed by atoms with Crippen molar-refractivity contribution in [1.82, 2.24) is 19.5 Å². The molecule has 3 aromatic heterocycles. The van der Waals surface area contributed by atoms with Gasteiger partial charge in [0, 0.05) is 18.5 Å². The highest BCUT2D eigenvalue weighted by Gasteiger charge is 2.17. The second kappa shape index (κ2) is 6.86. The minimum absolute atomic E-state index is 0.0600. The third-order valence-electron chi connectivity index (χ3n) is 3.10. The zero-order valence-electron chi connectivity index (χ0n) is 12.5. The predicted molar refractivity (Wildman–Crippen MR) is 99.9 cm³/mol. The fraction of sp³-hybridized carbons (Fsp3) is 0.200. The van der Waals surface area contributed by atoms with E-state index < -0.39 is 0 Å². The molecule has 0 spiro atoms. The van der Waals surface area contributed by atoms with Crippen molar-refractivity contribution >= 4 is 55.3 Å². The van der Waals surface area contributed by atoms with E-state index in [1.165, 1.54) is 34.9 Å². The topological polar surface area (TPSA) is 60.7 Å². The van der Waals surface area contributed by atoms with Gasteiger partial charge in [-0.1, -0.05) is 35.7 Å². The van der Waals surface area contributed by atoms with Crippen LogP contribution in [0, 0.1) is 0 Å². The van der Waals surface area contributed by atoms with Gasteiger partial charge in [0.25, 0.3) is 5.56 Å². The molecule has 3 rings (SSSR count). The maximum atomic E-state index is 12.8. The average Bonchev–Trinajstić information content (AvgIpc) is 2.93. The van der Waals surface area contributed by atoms with Gasteiger partial charge in [0.15, 0.2) is 10.3 Å². The van der Waals surface area contributed by atoms with Gasteiger partial charge in [-0.3, -0.25) is 9.36 Å². The first-order chi connectivity index (χ1) is 11.2. The number of fused-ring (bicyclic) bond motifs is 3. The number of rotatable bonds is 6. The van der Waals surface area contributed by atoms with Gasteiger partial charge >= 0.3 is 0 Å². The number of hydrogen-bond donors (Lipinski definition) is 0. The molecule has 0 atom stereocenters. The minimum Gasteiger partial charge on any atom is -0.282 e. The zero-order valence-corrected chi connectivity index (χ0v) is 14.9. The number of aromatic nitrogens is 4. The first-order valence-corrected chi connectivity index (χ1v) is 9.81. The fourth-order valence-electron chi connectivity index (χ4n) is 2.11. The van der Waals surface area contributed by atoms with Gasteiger partial charge in [-0.2, -0.15) is 0 Å². The Morgan fingerprint density at radius 3 is 2.87 bits per heavy atom. The van der Waals surface area contributed by atoms with E-state index in [4.69, 9.17) is 0 Å². The van der Waals surface area contributed by atoms with Gasteiger partial charge in [-0.25, -0.2) is 15.0 Å². The first-order valence-electron chi connectivity index (χ1n) is 6.78. The van der Waals surface area contributed by atoms with E-state index >= 15 is 0 Å². The summed E-state index contributed by atoms with van der Waals surface area (Å²) in [5, 5.41) is 2.18. The van der Waals surface area contributed by atoms with E-state index in [0.717, 1.165) is 10.2 Å². The van der Waals surface area contributed by atoms with Crippen molar-refractivity contribution < 1.29 is 0 Å². The molecular formula is C15H14N4OS3. The lowest BCUT2D eigenvalue weighted by Crippen LogP contribution is -2.21. The second-order valence-corrected chi connectivity index (χ2v) is 7.31.